The normalized spacial score (nSPS) is 37.5. The molecule has 6 rings (SSSR count). The molecule has 5 aliphatic rings. The van der Waals surface area contributed by atoms with Gasteiger partial charge in [-0.1, -0.05) is 13.0 Å². The van der Waals surface area contributed by atoms with Crippen molar-refractivity contribution < 1.29 is 27.9 Å². The summed E-state index contributed by atoms with van der Waals surface area (Å²) in [6.07, 6.45) is 0.294. The molecule has 1 spiro atoms. The molecule has 6 nitrogen and oxygen atoms in total. The van der Waals surface area contributed by atoms with E-state index in [1.54, 1.807) is 12.1 Å². The van der Waals surface area contributed by atoms with E-state index in [9.17, 15) is 27.9 Å². The Hall–Kier alpha value is -2.29. The number of urea groups is 1. The van der Waals surface area contributed by atoms with E-state index in [1.807, 2.05) is 6.07 Å². The molecule has 1 aromatic rings. The van der Waals surface area contributed by atoms with Crippen LogP contribution in [0.4, 0.5) is 18.0 Å². The van der Waals surface area contributed by atoms with Gasteiger partial charge in [0, 0.05) is 18.0 Å². The van der Waals surface area contributed by atoms with Crippen LogP contribution in [0.15, 0.2) is 18.2 Å². The smallest absolute Gasteiger partial charge is 0.406 e. The molecule has 2 unspecified atom stereocenters. The van der Waals surface area contributed by atoms with Crippen molar-refractivity contribution in [1.82, 2.24) is 15.1 Å². The number of likely N-dealkylation sites (tertiary alicyclic amines) is 1. The molecular weight excluding hydrogens is 447 g/mol. The van der Waals surface area contributed by atoms with Gasteiger partial charge in [0.15, 0.2) is 0 Å². The molecule has 4 atom stereocenters. The van der Waals surface area contributed by atoms with Crippen molar-refractivity contribution in [3.8, 4) is 5.75 Å². The lowest BCUT2D eigenvalue weighted by Crippen LogP contribution is -2.72. The average Bonchev–Trinajstić information content (AvgIpc) is 3.54. The number of fused-ring (bicyclic) bond motifs is 1. The molecule has 0 aromatic heterocycles. The van der Waals surface area contributed by atoms with Crippen LogP contribution in [0.1, 0.15) is 56.6 Å². The van der Waals surface area contributed by atoms with Gasteiger partial charge < -0.3 is 10.0 Å². The molecule has 34 heavy (non-hydrogen) atoms. The van der Waals surface area contributed by atoms with Crippen molar-refractivity contribution in [2.24, 2.45) is 11.3 Å². The van der Waals surface area contributed by atoms with E-state index in [4.69, 9.17) is 0 Å². The maximum atomic E-state index is 13.5. The van der Waals surface area contributed by atoms with Gasteiger partial charge in [0.1, 0.15) is 17.8 Å². The molecule has 9 heteroatoms. The predicted octanol–water partition coefficient (Wildman–Crippen LogP) is 3.71. The highest BCUT2D eigenvalue weighted by molar-refractivity contribution is 6.07. The van der Waals surface area contributed by atoms with Crippen LogP contribution in [0.3, 0.4) is 0 Å². The van der Waals surface area contributed by atoms with Crippen molar-refractivity contribution in [2.75, 3.05) is 19.6 Å². The number of piperidine rings is 1. The van der Waals surface area contributed by atoms with E-state index < -0.39 is 35.6 Å². The van der Waals surface area contributed by atoms with Gasteiger partial charge in [-0.15, -0.1) is 0 Å². The number of imide groups is 1. The fourth-order valence-electron chi connectivity index (χ4n) is 7.81. The summed E-state index contributed by atoms with van der Waals surface area (Å²) in [7, 11) is 0. The summed E-state index contributed by atoms with van der Waals surface area (Å²) in [6, 6.07) is 4.60. The lowest BCUT2D eigenvalue weighted by atomic mass is 9.42. The summed E-state index contributed by atoms with van der Waals surface area (Å²) in [5.41, 5.74) is -0.383. The number of nitrogens with one attached hydrogen (secondary N) is 1. The van der Waals surface area contributed by atoms with Crippen LogP contribution in [0.5, 0.6) is 5.75 Å². The van der Waals surface area contributed by atoms with Gasteiger partial charge in [0.25, 0.3) is 5.91 Å². The summed E-state index contributed by atoms with van der Waals surface area (Å²) < 4.78 is 40.5. The molecule has 2 saturated carbocycles. The molecule has 0 radical (unpaired) electrons. The van der Waals surface area contributed by atoms with Gasteiger partial charge in [-0.25, -0.2) is 4.79 Å². The first-order valence-electron chi connectivity index (χ1n) is 12.2. The second-order valence-corrected chi connectivity index (χ2v) is 11.4. The number of benzene rings is 1. The second-order valence-electron chi connectivity index (χ2n) is 11.4. The molecule has 2 N–H and O–H groups in total. The third-order valence-corrected chi connectivity index (χ3v) is 9.70. The SMILES string of the molecule is CC12CC[C@]3(C[C@@]14CCN(CC1CC1)C2Cc1ccc(O)cc14)C(=O)NC(=O)N3CC(F)(F)F. The number of aromatic hydroxyl groups is 1. The van der Waals surface area contributed by atoms with Crippen molar-refractivity contribution in [3.63, 3.8) is 0 Å². The van der Waals surface area contributed by atoms with Crippen LogP contribution in [0.25, 0.3) is 0 Å². The molecule has 2 saturated heterocycles. The highest BCUT2D eigenvalue weighted by atomic mass is 19.4. The van der Waals surface area contributed by atoms with Crippen LogP contribution in [0, 0.1) is 11.3 Å². The maximum Gasteiger partial charge on any atom is 0.406 e. The summed E-state index contributed by atoms with van der Waals surface area (Å²) in [4.78, 5) is 29.1. The number of hydrogen-bond acceptors (Lipinski definition) is 4. The van der Waals surface area contributed by atoms with Crippen molar-refractivity contribution >= 4 is 11.9 Å². The number of phenolic OH excluding ortho intramolecular Hbond substituents is 1. The molecule has 2 aliphatic heterocycles. The number of alkyl halides is 3. The van der Waals surface area contributed by atoms with E-state index >= 15 is 0 Å². The minimum Gasteiger partial charge on any atom is -0.508 e. The first kappa shape index (κ1) is 22.2. The summed E-state index contributed by atoms with van der Waals surface area (Å²) >= 11 is 0. The largest absolute Gasteiger partial charge is 0.508 e. The molecular formula is C25H30F3N3O3. The van der Waals surface area contributed by atoms with E-state index in [1.165, 1.54) is 12.8 Å². The Kier molecular flexibility index (Phi) is 4.50. The molecule has 3 amide bonds. The maximum absolute atomic E-state index is 13.5. The number of amides is 3. The number of carbonyl (C=O) groups excluding carboxylic acids is 2. The lowest BCUT2D eigenvalue weighted by Gasteiger charge is -2.68. The van der Waals surface area contributed by atoms with E-state index in [-0.39, 0.29) is 30.0 Å². The lowest BCUT2D eigenvalue weighted by molar-refractivity contribution is -0.168. The number of phenols is 1. The highest BCUT2D eigenvalue weighted by Crippen LogP contribution is 2.66. The van der Waals surface area contributed by atoms with Crippen LogP contribution >= 0.6 is 0 Å². The van der Waals surface area contributed by atoms with Gasteiger partial charge in [-0.2, -0.15) is 13.2 Å². The van der Waals surface area contributed by atoms with Gasteiger partial charge in [-0.05, 0) is 86.1 Å². The first-order chi connectivity index (χ1) is 16.0. The third-order valence-electron chi connectivity index (χ3n) is 9.70. The number of carbonyl (C=O) groups is 2. The van der Waals surface area contributed by atoms with Crippen molar-refractivity contribution in [1.29, 1.82) is 0 Å². The Morgan fingerprint density at radius 3 is 2.65 bits per heavy atom. The first-order valence-corrected chi connectivity index (χ1v) is 12.2. The molecule has 4 fully saturated rings. The number of halogens is 3. The molecule has 184 valence electrons. The van der Waals surface area contributed by atoms with E-state index in [0.717, 1.165) is 35.5 Å². The van der Waals surface area contributed by atoms with Crippen molar-refractivity contribution in [3.05, 3.63) is 29.3 Å². The monoisotopic (exact) mass is 477 g/mol. The Balaban J connectivity index is 1.48. The topological polar surface area (TPSA) is 72.9 Å². The van der Waals surface area contributed by atoms with Gasteiger partial charge in [0.05, 0.1) is 0 Å². The summed E-state index contributed by atoms with van der Waals surface area (Å²) in [5, 5.41) is 12.6. The minimum atomic E-state index is -4.60. The molecule has 2 heterocycles. The number of hydrogen-bond donors (Lipinski definition) is 2. The van der Waals surface area contributed by atoms with Crippen LogP contribution in [0.2, 0.25) is 0 Å². The minimum absolute atomic E-state index is 0.119. The predicted molar refractivity (Wildman–Crippen MR) is 117 cm³/mol. The average molecular weight is 478 g/mol. The molecule has 2 bridgehead atoms. The number of nitrogens with zero attached hydrogens (tertiary/aromatic N) is 2. The zero-order chi connectivity index (χ0) is 24.1. The Labute approximate surface area is 196 Å². The van der Waals surface area contributed by atoms with Gasteiger partial charge in [-0.3, -0.25) is 15.0 Å². The highest BCUT2D eigenvalue weighted by Gasteiger charge is 2.70. The third kappa shape index (κ3) is 2.98. The zero-order valence-electron chi connectivity index (χ0n) is 19.2. The Morgan fingerprint density at radius 2 is 1.94 bits per heavy atom. The fourth-order valence-corrected chi connectivity index (χ4v) is 7.81. The quantitative estimate of drug-likeness (QED) is 0.651. The van der Waals surface area contributed by atoms with E-state index in [2.05, 4.69) is 17.1 Å². The number of rotatable bonds is 3. The van der Waals surface area contributed by atoms with Gasteiger partial charge in [0.2, 0.25) is 0 Å². The zero-order valence-corrected chi connectivity index (χ0v) is 19.2. The Morgan fingerprint density at radius 1 is 1.18 bits per heavy atom. The second kappa shape index (κ2) is 6.89. The summed E-state index contributed by atoms with van der Waals surface area (Å²) in [5.74, 6) is 0.211. The van der Waals surface area contributed by atoms with E-state index in [0.29, 0.717) is 18.8 Å². The molecule has 3 aliphatic carbocycles. The van der Waals surface area contributed by atoms with Crippen LogP contribution in [-0.2, 0) is 16.6 Å². The van der Waals surface area contributed by atoms with Crippen LogP contribution in [-0.4, -0.2) is 64.2 Å². The fraction of sp³-hybridized carbons (Fsp3) is 0.680. The van der Waals surface area contributed by atoms with Crippen LogP contribution < -0.4 is 5.32 Å². The standard InChI is InChI=1S/C25H30F3N3O3/c1-22-6-7-24(20(33)29-21(34)31(24)14-25(26,27)28)13-23(22)8-9-30(12-15-2-3-15)19(22)10-16-4-5-17(32)11-18(16)23/h4-5,11,15,19,32H,2-3,6-10,12-14H2,1H3,(H,29,33,34)/t19?,22?,23-,24+/m1/s1. The molecule has 1 aromatic carbocycles. The van der Waals surface area contributed by atoms with Gasteiger partial charge >= 0.3 is 12.2 Å². The van der Waals surface area contributed by atoms with Crippen molar-refractivity contribution in [2.45, 2.75) is 75.0 Å². The Bertz CT molecular complexity index is 1070. The summed E-state index contributed by atoms with van der Waals surface area (Å²) in [6.45, 7) is 2.62.